The van der Waals surface area contributed by atoms with Crippen molar-refractivity contribution in [3.63, 3.8) is 0 Å². The first-order valence-electron chi connectivity index (χ1n) is 8.78. The van der Waals surface area contributed by atoms with E-state index in [0.29, 0.717) is 12.3 Å². The molecule has 2 fully saturated rings. The number of imide groups is 1. The summed E-state index contributed by atoms with van der Waals surface area (Å²) in [5.41, 5.74) is 0.418. The van der Waals surface area contributed by atoms with E-state index >= 15 is 0 Å². The molecule has 2 saturated heterocycles. The van der Waals surface area contributed by atoms with E-state index in [4.69, 9.17) is 9.26 Å². The lowest BCUT2D eigenvalue weighted by Gasteiger charge is -2.26. The largest absolute Gasteiger partial charge is 0.382 e. The molecule has 0 aliphatic carbocycles. The Balaban J connectivity index is 1.70. The number of ether oxygens (including phenoxy) is 1. The van der Waals surface area contributed by atoms with Gasteiger partial charge in [-0.2, -0.15) is 0 Å². The highest BCUT2D eigenvalue weighted by molar-refractivity contribution is 7.62. The molecule has 0 radical (unpaired) electrons. The second-order valence-electron chi connectivity index (χ2n) is 7.26. The molecule has 138 valence electrons. The van der Waals surface area contributed by atoms with Gasteiger partial charge in [0.15, 0.2) is 0 Å². The van der Waals surface area contributed by atoms with Crippen molar-refractivity contribution < 1.29 is 23.4 Å². The lowest BCUT2D eigenvalue weighted by atomic mass is 9.82. The van der Waals surface area contributed by atoms with E-state index in [1.165, 1.54) is 4.90 Å². The molecule has 3 aliphatic heterocycles. The van der Waals surface area contributed by atoms with Crippen LogP contribution in [0.5, 0.6) is 0 Å². The third kappa shape index (κ3) is 2.29. The summed E-state index contributed by atoms with van der Waals surface area (Å²) >= 11 is 0. The van der Waals surface area contributed by atoms with Crippen molar-refractivity contribution >= 4 is 24.9 Å². The van der Waals surface area contributed by atoms with E-state index in [-0.39, 0.29) is 17.9 Å². The number of rotatable bonds is 5. The van der Waals surface area contributed by atoms with Gasteiger partial charge in [-0.3, -0.25) is 14.2 Å². The molecule has 3 heterocycles. The molecule has 6 nitrogen and oxygen atoms in total. The molecule has 26 heavy (non-hydrogen) atoms. The standard InChI is InChI=1S/C19H22NO5P/c1-11-9-14-15-16(17(11)26(14,23)25-12(2)10-24-3)19(22)20(18(15)21)13-7-5-4-6-8-13/h4-9,12,14-17H,10H2,1-3H3/t12?,14-,15+,16+,17?,26?/m0/s1. The smallest absolute Gasteiger partial charge is 0.238 e. The van der Waals surface area contributed by atoms with Crippen molar-refractivity contribution in [2.75, 3.05) is 18.6 Å². The molecule has 1 aromatic rings. The third-order valence-corrected chi connectivity index (χ3v) is 9.06. The fourth-order valence-electron chi connectivity index (χ4n) is 4.69. The zero-order chi connectivity index (χ0) is 18.6. The highest BCUT2D eigenvalue weighted by Crippen LogP contribution is 2.75. The van der Waals surface area contributed by atoms with Crippen LogP contribution in [0, 0.1) is 11.8 Å². The van der Waals surface area contributed by atoms with E-state index in [0.717, 1.165) is 5.57 Å². The zero-order valence-corrected chi connectivity index (χ0v) is 15.9. The van der Waals surface area contributed by atoms with Crippen LogP contribution in [0.2, 0.25) is 0 Å². The van der Waals surface area contributed by atoms with E-state index in [9.17, 15) is 14.2 Å². The van der Waals surface area contributed by atoms with Gasteiger partial charge >= 0.3 is 0 Å². The molecule has 1 aromatic carbocycles. The SMILES string of the molecule is COCC(C)OP1(=O)C2C(C)=C[C@H]1[C@H]1C(=O)N(c3ccccc3)C(=O)[C@@H]21. The van der Waals surface area contributed by atoms with E-state index < -0.39 is 30.5 Å². The van der Waals surface area contributed by atoms with Crippen LogP contribution in [-0.4, -0.2) is 43.0 Å². The molecule has 2 amide bonds. The number of amides is 2. The summed E-state index contributed by atoms with van der Waals surface area (Å²) in [6.45, 7) is 3.99. The van der Waals surface area contributed by atoms with Crippen LogP contribution in [0.1, 0.15) is 13.8 Å². The number of anilines is 1. The van der Waals surface area contributed by atoms with Gasteiger partial charge in [0.05, 0.1) is 41.6 Å². The quantitative estimate of drug-likeness (QED) is 0.450. The van der Waals surface area contributed by atoms with Crippen LogP contribution >= 0.6 is 7.37 Å². The normalized spacial score (nSPS) is 36.4. The number of hydrogen-bond acceptors (Lipinski definition) is 5. The van der Waals surface area contributed by atoms with E-state index in [1.807, 2.05) is 19.1 Å². The monoisotopic (exact) mass is 375 g/mol. The van der Waals surface area contributed by atoms with Crippen molar-refractivity contribution in [2.45, 2.75) is 31.3 Å². The van der Waals surface area contributed by atoms with Crippen LogP contribution < -0.4 is 4.90 Å². The number of carbonyl (C=O) groups is 2. The molecule has 0 aromatic heterocycles. The van der Waals surface area contributed by atoms with E-state index in [2.05, 4.69) is 0 Å². The maximum Gasteiger partial charge on any atom is 0.238 e. The van der Waals surface area contributed by atoms with Gasteiger partial charge in [-0.15, -0.1) is 0 Å². The predicted molar refractivity (Wildman–Crippen MR) is 97.3 cm³/mol. The molecular formula is C19H22NO5P. The number of para-hydroxylation sites is 1. The van der Waals surface area contributed by atoms with Crippen molar-refractivity contribution in [3.8, 4) is 0 Å². The van der Waals surface area contributed by atoms with Gasteiger partial charge < -0.3 is 9.26 Å². The fourth-order valence-corrected chi connectivity index (χ4v) is 8.58. The minimum atomic E-state index is -3.19. The van der Waals surface area contributed by atoms with Crippen molar-refractivity contribution in [1.82, 2.24) is 0 Å². The molecule has 2 bridgehead atoms. The van der Waals surface area contributed by atoms with Crippen LogP contribution in [0.4, 0.5) is 5.69 Å². The topological polar surface area (TPSA) is 72.9 Å². The summed E-state index contributed by atoms with van der Waals surface area (Å²) in [4.78, 5) is 27.4. The summed E-state index contributed by atoms with van der Waals surface area (Å²) < 4.78 is 24.7. The first-order chi connectivity index (χ1) is 12.4. The van der Waals surface area contributed by atoms with Crippen LogP contribution in [0.15, 0.2) is 42.0 Å². The Bertz CT molecular complexity index is 836. The predicted octanol–water partition coefficient (Wildman–Crippen LogP) is 2.83. The number of allylic oxidation sites excluding steroid dienone is 2. The van der Waals surface area contributed by atoms with Crippen LogP contribution in [0.3, 0.4) is 0 Å². The molecule has 7 heteroatoms. The van der Waals surface area contributed by atoms with Crippen molar-refractivity contribution in [3.05, 3.63) is 42.0 Å². The number of hydrogen-bond donors (Lipinski definition) is 0. The highest BCUT2D eigenvalue weighted by Gasteiger charge is 2.71. The maximum absolute atomic E-state index is 13.7. The minimum Gasteiger partial charge on any atom is -0.382 e. The average molecular weight is 375 g/mol. The van der Waals surface area contributed by atoms with Gasteiger partial charge in [0, 0.05) is 7.11 Å². The lowest BCUT2D eigenvalue weighted by molar-refractivity contribution is -0.122. The number of nitrogens with zero attached hydrogens (tertiary/aromatic N) is 1. The van der Waals surface area contributed by atoms with Gasteiger partial charge in [0.1, 0.15) is 0 Å². The Hall–Kier alpha value is -1.75. The van der Waals surface area contributed by atoms with Crippen molar-refractivity contribution in [2.24, 2.45) is 11.8 Å². The third-order valence-electron chi connectivity index (χ3n) is 5.57. The average Bonchev–Trinajstić information content (AvgIpc) is 3.10. The Morgan fingerprint density at radius 3 is 2.46 bits per heavy atom. The second-order valence-corrected chi connectivity index (χ2v) is 9.92. The molecule has 3 aliphatic rings. The van der Waals surface area contributed by atoms with Gasteiger partial charge in [0.25, 0.3) is 0 Å². The Labute approximate surface area is 152 Å². The highest BCUT2D eigenvalue weighted by atomic mass is 31.2. The zero-order valence-electron chi connectivity index (χ0n) is 15.0. The maximum atomic E-state index is 13.7. The molecule has 6 atom stereocenters. The number of fused-ring (bicyclic) bond motifs is 5. The summed E-state index contributed by atoms with van der Waals surface area (Å²) in [5, 5.41) is 0. The Kier molecular flexibility index (Phi) is 4.18. The second kappa shape index (κ2) is 6.15. The minimum absolute atomic E-state index is 0.269. The lowest BCUT2D eigenvalue weighted by Crippen LogP contribution is -2.34. The van der Waals surface area contributed by atoms with E-state index in [1.54, 1.807) is 38.3 Å². The summed E-state index contributed by atoms with van der Waals surface area (Å²) in [6.07, 6.45) is 1.52. The molecule has 0 saturated carbocycles. The van der Waals surface area contributed by atoms with Crippen molar-refractivity contribution in [1.29, 1.82) is 0 Å². The Morgan fingerprint density at radius 1 is 1.15 bits per heavy atom. The first-order valence-corrected chi connectivity index (χ1v) is 10.5. The fraction of sp³-hybridized carbons (Fsp3) is 0.474. The summed E-state index contributed by atoms with van der Waals surface area (Å²) in [6, 6.07) is 8.92. The summed E-state index contributed by atoms with van der Waals surface area (Å²) in [7, 11) is -1.64. The van der Waals surface area contributed by atoms with Crippen LogP contribution in [-0.2, 0) is 23.4 Å². The van der Waals surface area contributed by atoms with Gasteiger partial charge in [-0.25, -0.2) is 4.90 Å². The van der Waals surface area contributed by atoms with Crippen LogP contribution in [0.25, 0.3) is 0 Å². The molecule has 0 N–H and O–H groups in total. The molecule has 3 unspecified atom stereocenters. The molecule has 4 rings (SSSR count). The molecule has 0 spiro atoms. The number of benzene rings is 1. The molecular weight excluding hydrogens is 353 g/mol. The Morgan fingerprint density at radius 2 is 1.81 bits per heavy atom. The first kappa shape index (κ1) is 17.7. The summed E-state index contributed by atoms with van der Waals surface area (Å²) in [5.74, 6) is -1.74. The van der Waals surface area contributed by atoms with Gasteiger partial charge in [-0.05, 0) is 26.0 Å². The number of methoxy groups -OCH3 is 1. The van der Waals surface area contributed by atoms with Gasteiger partial charge in [0.2, 0.25) is 19.2 Å². The number of carbonyl (C=O) groups excluding carboxylic acids is 2. The van der Waals surface area contributed by atoms with Gasteiger partial charge in [-0.1, -0.05) is 29.8 Å².